The van der Waals surface area contributed by atoms with E-state index in [-0.39, 0.29) is 29.1 Å². The van der Waals surface area contributed by atoms with Gasteiger partial charge >= 0.3 is 6.18 Å². The number of hydrogen-bond acceptors (Lipinski definition) is 7. The Balaban J connectivity index is 1.36. The first kappa shape index (κ1) is 26.3. The molecule has 2 aromatic heterocycles. The van der Waals surface area contributed by atoms with Gasteiger partial charge < -0.3 is 14.8 Å². The van der Waals surface area contributed by atoms with Gasteiger partial charge in [0.25, 0.3) is 5.91 Å². The molecule has 3 heterocycles. The van der Waals surface area contributed by atoms with Crippen molar-refractivity contribution >= 4 is 54.5 Å². The number of nitrogens with one attached hydrogen (secondary N) is 1. The van der Waals surface area contributed by atoms with Gasteiger partial charge in [-0.1, -0.05) is 11.6 Å². The number of sulfone groups is 1. The van der Waals surface area contributed by atoms with Crippen molar-refractivity contribution in [2.24, 2.45) is 0 Å². The minimum Gasteiger partial charge on any atom is -0.493 e. The molecule has 1 unspecified atom stereocenters. The summed E-state index contributed by atoms with van der Waals surface area (Å²) in [6, 6.07) is 12.0. The lowest BCUT2D eigenvalue weighted by atomic mass is 10.0. The fourth-order valence-electron chi connectivity index (χ4n) is 4.07. The molecule has 198 valence electrons. The molecule has 7 nitrogen and oxygen atoms in total. The largest absolute Gasteiger partial charge is 0.493 e. The van der Waals surface area contributed by atoms with Crippen LogP contribution in [0.1, 0.15) is 32.5 Å². The van der Waals surface area contributed by atoms with Crippen molar-refractivity contribution in [1.29, 1.82) is 0 Å². The summed E-state index contributed by atoms with van der Waals surface area (Å²) < 4.78 is 74.8. The second-order valence-corrected chi connectivity index (χ2v) is 12.3. The fraction of sp³-hybridized carbons (Fsp3) is 0.200. The molecule has 5 rings (SSSR count). The number of anilines is 1. The second-order valence-electron chi connectivity index (χ2n) is 8.59. The SMILES string of the molecule is CS(=O)(=O)C1CCOc2cc3sc(C(=O)Nc4cc(Cl)nc(Oc5ccc(C(F)(F)F)cc5)c4)cc3cc21. The van der Waals surface area contributed by atoms with E-state index in [0.29, 0.717) is 28.0 Å². The van der Waals surface area contributed by atoms with E-state index in [2.05, 4.69) is 10.3 Å². The predicted octanol–water partition coefficient (Wildman–Crippen LogP) is 6.88. The molecule has 0 aliphatic carbocycles. The zero-order valence-corrected chi connectivity index (χ0v) is 21.9. The van der Waals surface area contributed by atoms with Gasteiger partial charge in [0.05, 0.1) is 22.3 Å². The van der Waals surface area contributed by atoms with Crippen molar-refractivity contribution in [3.8, 4) is 17.4 Å². The number of rotatable bonds is 5. The number of carbonyl (C=O) groups excluding carboxylic acids is 1. The van der Waals surface area contributed by atoms with Crippen molar-refractivity contribution in [3.05, 3.63) is 75.8 Å². The number of ether oxygens (including phenoxy) is 2. The summed E-state index contributed by atoms with van der Waals surface area (Å²) in [5, 5.41) is 2.74. The molecule has 0 spiro atoms. The van der Waals surface area contributed by atoms with Gasteiger partial charge in [0.15, 0.2) is 9.84 Å². The normalized spacial score (nSPS) is 15.6. The zero-order valence-electron chi connectivity index (χ0n) is 19.5. The predicted molar refractivity (Wildman–Crippen MR) is 138 cm³/mol. The minimum absolute atomic E-state index is 0.00214. The first-order chi connectivity index (χ1) is 17.9. The number of amides is 1. The molecule has 1 amide bonds. The molecular formula is C25H18ClF3N2O5S2. The number of thiophene rings is 1. The standard InChI is InChI=1S/C25H18ClF3N2O5S2/c1-38(33,34)21-6-7-35-18-12-19-13(8-17(18)21)9-20(37-19)24(32)30-15-10-22(26)31-23(11-15)36-16-4-2-14(3-5-16)25(27,28)29/h2-5,8-12,21H,6-7H2,1H3,(H,30,31,32). The van der Waals surface area contributed by atoms with Crippen molar-refractivity contribution in [2.75, 3.05) is 18.2 Å². The molecule has 0 radical (unpaired) electrons. The van der Waals surface area contributed by atoms with E-state index >= 15 is 0 Å². The summed E-state index contributed by atoms with van der Waals surface area (Å²) in [4.78, 5) is 17.4. The molecule has 0 saturated carbocycles. The van der Waals surface area contributed by atoms with E-state index in [1.165, 1.54) is 29.7 Å². The summed E-state index contributed by atoms with van der Waals surface area (Å²) in [6.07, 6.45) is -2.92. The smallest absolute Gasteiger partial charge is 0.416 e. The van der Waals surface area contributed by atoms with E-state index in [4.69, 9.17) is 21.1 Å². The van der Waals surface area contributed by atoms with Gasteiger partial charge in [-0.2, -0.15) is 13.2 Å². The molecule has 4 aromatic rings. The van der Waals surface area contributed by atoms with E-state index in [9.17, 15) is 26.4 Å². The third-order valence-corrected chi connectivity index (χ3v) is 8.62. The molecule has 1 atom stereocenters. The van der Waals surface area contributed by atoms with Crippen LogP contribution in [0.5, 0.6) is 17.4 Å². The van der Waals surface area contributed by atoms with Crippen LogP contribution in [0.15, 0.2) is 54.6 Å². The highest BCUT2D eigenvalue weighted by atomic mass is 35.5. The summed E-state index contributed by atoms with van der Waals surface area (Å²) >= 11 is 7.27. The Labute approximate surface area is 224 Å². The Kier molecular flexibility index (Phi) is 6.74. The Morgan fingerprint density at radius 3 is 2.58 bits per heavy atom. The minimum atomic E-state index is -4.47. The highest BCUT2D eigenvalue weighted by Gasteiger charge is 2.31. The quantitative estimate of drug-likeness (QED) is 0.258. The first-order valence-corrected chi connectivity index (χ1v) is 14.2. The molecule has 1 aliphatic heterocycles. The number of alkyl halides is 3. The maximum atomic E-state index is 13.0. The Morgan fingerprint density at radius 1 is 1.16 bits per heavy atom. The number of halogens is 4. The van der Waals surface area contributed by atoms with E-state index in [1.54, 1.807) is 18.2 Å². The van der Waals surface area contributed by atoms with Crippen molar-refractivity contribution in [1.82, 2.24) is 4.98 Å². The third kappa shape index (κ3) is 5.57. The molecule has 1 aliphatic rings. The van der Waals surface area contributed by atoms with Crippen LogP contribution in [0.4, 0.5) is 18.9 Å². The highest BCUT2D eigenvalue weighted by molar-refractivity contribution is 7.90. The van der Waals surface area contributed by atoms with Crippen LogP contribution in [-0.4, -0.2) is 32.2 Å². The Hall–Kier alpha value is -3.35. The maximum Gasteiger partial charge on any atom is 0.416 e. The topological polar surface area (TPSA) is 94.6 Å². The van der Waals surface area contributed by atoms with Crippen LogP contribution in [-0.2, 0) is 16.0 Å². The number of aromatic nitrogens is 1. The number of benzene rings is 2. The molecule has 1 N–H and O–H groups in total. The molecule has 13 heteroatoms. The van der Waals surface area contributed by atoms with Crippen LogP contribution >= 0.6 is 22.9 Å². The molecule has 2 aromatic carbocycles. The third-order valence-electron chi connectivity index (χ3n) is 5.81. The maximum absolute atomic E-state index is 13.0. The van der Waals surface area contributed by atoms with Gasteiger partial charge in [0.1, 0.15) is 16.7 Å². The van der Waals surface area contributed by atoms with E-state index in [0.717, 1.165) is 29.0 Å². The van der Waals surface area contributed by atoms with E-state index < -0.39 is 32.7 Å². The molecular weight excluding hydrogens is 565 g/mol. The van der Waals surface area contributed by atoms with Crippen LogP contribution in [0.2, 0.25) is 5.15 Å². The average Bonchev–Trinajstić information content (AvgIpc) is 3.24. The Morgan fingerprint density at radius 2 is 1.89 bits per heavy atom. The summed E-state index contributed by atoms with van der Waals surface area (Å²) in [6.45, 7) is 0.286. The summed E-state index contributed by atoms with van der Waals surface area (Å²) in [7, 11) is -3.33. The molecule has 0 fully saturated rings. The van der Waals surface area contributed by atoms with Gasteiger partial charge in [-0.05, 0) is 53.9 Å². The van der Waals surface area contributed by atoms with Gasteiger partial charge in [-0.25, -0.2) is 13.4 Å². The lowest BCUT2D eigenvalue weighted by molar-refractivity contribution is -0.137. The van der Waals surface area contributed by atoms with Crippen molar-refractivity contribution in [3.63, 3.8) is 0 Å². The lowest BCUT2D eigenvalue weighted by Crippen LogP contribution is -2.20. The van der Waals surface area contributed by atoms with Gasteiger partial charge in [0.2, 0.25) is 5.88 Å². The second kappa shape index (κ2) is 9.75. The monoisotopic (exact) mass is 582 g/mol. The van der Waals surface area contributed by atoms with Gasteiger partial charge in [0, 0.05) is 34.7 Å². The number of hydrogen-bond donors (Lipinski definition) is 1. The van der Waals surface area contributed by atoms with Crippen LogP contribution in [0, 0.1) is 0 Å². The molecule has 38 heavy (non-hydrogen) atoms. The molecule has 0 bridgehead atoms. The number of carbonyl (C=O) groups is 1. The summed E-state index contributed by atoms with van der Waals surface area (Å²) in [5.41, 5.74) is 0.00978. The number of pyridine rings is 1. The summed E-state index contributed by atoms with van der Waals surface area (Å²) in [5.74, 6) is 0.111. The van der Waals surface area contributed by atoms with Crippen LogP contribution < -0.4 is 14.8 Å². The van der Waals surface area contributed by atoms with Gasteiger partial charge in [-0.3, -0.25) is 4.79 Å². The van der Waals surface area contributed by atoms with Crippen molar-refractivity contribution < 1.29 is 35.9 Å². The fourth-order valence-corrected chi connectivity index (χ4v) is 6.41. The van der Waals surface area contributed by atoms with Gasteiger partial charge in [-0.15, -0.1) is 11.3 Å². The highest BCUT2D eigenvalue weighted by Crippen LogP contribution is 2.41. The van der Waals surface area contributed by atoms with Crippen molar-refractivity contribution in [2.45, 2.75) is 17.8 Å². The Bertz CT molecular complexity index is 1650. The van der Waals surface area contributed by atoms with Crippen LogP contribution in [0.3, 0.4) is 0 Å². The van der Waals surface area contributed by atoms with E-state index in [1.807, 2.05) is 0 Å². The first-order valence-electron chi connectivity index (χ1n) is 11.1. The zero-order chi connectivity index (χ0) is 27.2. The lowest BCUT2D eigenvalue weighted by Gasteiger charge is -2.24. The van der Waals surface area contributed by atoms with Crippen LogP contribution in [0.25, 0.3) is 10.1 Å². The number of fused-ring (bicyclic) bond motifs is 2. The number of nitrogens with zero attached hydrogens (tertiary/aromatic N) is 1. The average molecular weight is 583 g/mol. The molecule has 0 saturated heterocycles.